The van der Waals surface area contributed by atoms with Crippen LogP contribution >= 0.6 is 24.2 Å². The summed E-state index contributed by atoms with van der Waals surface area (Å²) >= 11 is 1.22. The maximum absolute atomic E-state index is 12.6. The summed E-state index contributed by atoms with van der Waals surface area (Å²) < 4.78 is 39.1. The van der Waals surface area contributed by atoms with Crippen LogP contribution in [-0.4, -0.2) is 26.2 Å². The molecule has 0 fully saturated rings. The zero-order valence-corrected chi connectivity index (χ0v) is 11.8. The number of hydrogen-bond donors (Lipinski definition) is 1. The van der Waals surface area contributed by atoms with E-state index in [9.17, 15) is 18.0 Å². The van der Waals surface area contributed by atoms with E-state index in [-0.39, 0.29) is 23.7 Å². The SMILES string of the molecule is CCSc1c(C(=O)O)nc2cc(C(F)(F)F)ccn12.Cl. The van der Waals surface area contributed by atoms with E-state index < -0.39 is 17.7 Å². The molecule has 0 unspecified atom stereocenters. The normalized spacial score (nSPS) is 11.4. The summed E-state index contributed by atoms with van der Waals surface area (Å²) in [6.45, 7) is 1.82. The summed E-state index contributed by atoms with van der Waals surface area (Å²) in [6.07, 6.45) is -3.29. The Morgan fingerprint density at radius 2 is 2.15 bits per heavy atom. The Morgan fingerprint density at radius 3 is 2.65 bits per heavy atom. The lowest BCUT2D eigenvalue weighted by Crippen LogP contribution is -2.05. The van der Waals surface area contributed by atoms with Gasteiger partial charge in [0.15, 0.2) is 5.69 Å². The molecule has 0 amide bonds. The van der Waals surface area contributed by atoms with Crippen molar-refractivity contribution >= 4 is 35.8 Å². The fourth-order valence-electron chi connectivity index (χ4n) is 1.61. The van der Waals surface area contributed by atoms with Gasteiger partial charge in [-0.15, -0.1) is 24.2 Å². The molecule has 20 heavy (non-hydrogen) atoms. The van der Waals surface area contributed by atoms with Gasteiger partial charge in [0.1, 0.15) is 10.7 Å². The van der Waals surface area contributed by atoms with Crippen molar-refractivity contribution in [3.8, 4) is 0 Å². The molecule has 0 atom stereocenters. The maximum atomic E-state index is 12.6. The number of alkyl halides is 3. The molecule has 0 saturated heterocycles. The first kappa shape index (κ1) is 16.6. The van der Waals surface area contributed by atoms with Crippen molar-refractivity contribution in [3.05, 3.63) is 29.6 Å². The highest BCUT2D eigenvalue weighted by molar-refractivity contribution is 7.99. The maximum Gasteiger partial charge on any atom is 0.416 e. The van der Waals surface area contributed by atoms with E-state index in [0.29, 0.717) is 10.8 Å². The highest BCUT2D eigenvalue weighted by Gasteiger charge is 2.31. The predicted octanol–water partition coefficient (Wildman–Crippen LogP) is 3.59. The number of aromatic nitrogens is 2. The second-order valence-electron chi connectivity index (χ2n) is 3.65. The lowest BCUT2D eigenvalue weighted by Gasteiger charge is -2.07. The fourth-order valence-corrected chi connectivity index (χ4v) is 2.45. The molecule has 0 spiro atoms. The number of carboxylic acids is 1. The second-order valence-corrected chi connectivity index (χ2v) is 4.90. The molecule has 2 heterocycles. The summed E-state index contributed by atoms with van der Waals surface area (Å²) in [5.74, 6) is -0.664. The van der Waals surface area contributed by atoms with Crippen LogP contribution in [0.25, 0.3) is 5.65 Å². The number of halogens is 4. The summed E-state index contributed by atoms with van der Waals surface area (Å²) in [5.41, 5.74) is -1.11. The summed E-state index contributed by atoms with van der Waals surface area (Å²) in [5, 5.41) is 9.34. The van der Waals surface area contributed by atoms with Crippen LogP contribution in [0.15, 0.2) is 23.4 Å². The molecule has 0 bridgehead atoms. The minimum atomic E-state index is -4.48. The van der Waals surface area contributed by atoms with Crippen LogP contribution in [0.4, 0.5) is 13.2 Å². The standard InChI is InChI=1S/C11H9F3N2O2S.ClH/c1-2-19-9-8(10(17)18)15-7-5-6(11(12,13)14)3-4-16(7)9;/h3-5H,2H2,1H3,(H,17,18);1H. The van der Waals surface area contributed by atoms with Gasteiger partial charge in [-0.05, 0) is 17.9 Å². The molecule has 4 nitrogen and oxygen atoms in total. The van der Waals surface area contributed by atoms with Gasteiger partial charge in [-0.3, -0.25) is 4.40 Å². The monoisotopic (exact) mass is 326 g/mol. The van der Waals surface area contributed by atoms with Crippen molar-refractivity contribution in [2.24, 2.45) is 0 Å². The number of thioether (sulfide) groups is 1. The Kier molecular flexibility index (Phi) is 4.93. The molecule has 1 N–H and O–H groups in total. The van der Waals surface area contributed by atoms with Crippen LogP contribution in [0.2, 0.25) is 0 Å². The van der Waals surface area contributed by atoms with Gasteiger partial charge in [0.05, 0.1) is 5.56 Å². The third-order valence-electron chi connectivity index (χ3n) is 2.39. The number of carboxylic acid groups (broad SMARTS) is 1. The number of imidazole rings is 1. The molecule has 0 saturated carbocycles. The third-order valence-corrected chi connectivity index (χ3v) is 3.35. The average molecular weight is 327 g/mol. The fraction of sp³-hybridized carbons (Fsp3) is 0.273. The number of carbonyl (C=O) groups is 1. The minimum Gasteiger partial charge on any atom is -0.476 e. The van der Waals surface area contributed by atoms with Crippen molar-refractivity contribution in [2.45, 2.75) is 18.1 Å². The number of rotatable bonds is 3. The molecule has 2 rings (SSSR count). The van der Waals surface area contributed by atoms with Crippen molar-refractivity contribution in [1.82, 2.24) is 9.38 Å². The summed E-state index contributed by atoms with van der Waals surface area (Å²) in [4.78, 5) is 14.8. The number of pyridine rings is 1. The van der Waals surface area contributed by atoms with E-state index >= 15 is 0 Å². The number of nitrogens with zero attached hydrogens (tertiary/aromatic N) is 2. The van der Waals surface area contributed by atoms with Gasteiger partial charge in [0.25, 0.3) is 0 Å². The Labute approximate surface area is 122 Å². The Bertz CT molecular complexity index is 642. The van der Waals surface area contributed by atoms with Crippen molar-refractivity contribution in [2.75, 3.05) is 5.75 Å². The lowest BCUT2D eigenvalue weighted by molar-refractivity contribution is -0.137. The third kappa shape index (κ3) is 3.01. The predicted molar refractivity (Wildman–Crippen MR) is 70.8 cm³/mol. The summed E-state index contributed by atoms with van der Waals surface area (Å²) in [6, 6.07) is 1.74. The van der Waals surface area contributed by atoms with E-state index in [1.807, 2.05) is 6.92 Å². The van der Waals surface area contributed by atoms with E-state index in [1.54, 1.807) is 0 Å². The zero-order chi connectivity index (χ0) is 14.2. The van der Waals surface area contributed by atoms with E-state index in [0.717, 1.165) is 12.1 Å². The molecule has 0 aliphatic carbocycles. The Hall–Kier alpha value is -1.41. The molecule has 0 aliphatic rings. The van der Waals surface area contributed by atoms with Crippen LogP contribution in [0.5, 0.6) is 0 Å². The van der Waals surface area contributed by atoms with Gasteiger partial charge >= 0.3 is 12.1 Å². The van der Waals surface area contributed by atoms with Crippen LogP contribution in [0, 0.1) is 0 Å². The van der Waals surface area contributed by atoms with Gasteiger partial charge < -0.3 is 5.11 Å². The molecule has 9 heteroatoms. The number of fused-ring (bicyclic) bond motifs is 1. The number of hydrogen-bond acceptors (Lipinski definition) is 3. The lowest BCUT2D eigenvalue weighted by atomic mass is 10.2. The van der Waals surface area contributed by atoms with Gasteiger partial charge in [-0.1, -0.05) is 6.92 Å². The Morgan fingerprint density at radius 1 is 1.50 bits per heavy atom. The van der Waals surface area contributed by atoms with Gasteiger partial charge in [-0.2, -0.15) is 13.2 Å². The van der Waals surface area contributed by atoms with Gasteiger partial charge in [0, 0.05) is 6.20 Å². The van der Waals surface area contributed by atoms with E-state index in [1.165, 1.54) is 22.4 Å². The molecule has 110 valence electrons. The Balaban J connectivity index is 0.00000200. The molecule has 0 aromatic carbocycles. The van der Waals surface area contributed by atoms with Crippen molar-refractivity contribution in [3.63, 3.8) is 0 Å². The molecule has 2 aromatic rings. The topological polar surface area (TPSA) is 54.6 Å². The highest BCUT2D eigenvalue weighted by atomic mass is 35.5. The second kappa shape index (κ2) is 5.92. The quantitative estimate of drug-likeness (QED) is 0.876. The first-order valence-corrected chi connectivity index (χ1v) is 6.28. The van der Waals surface area contributed by atoms with Crippen LogP contribution in [0.1, 0.15) is 23.0 Å². The van der Waals surface area contributed by atoms with E-state index in [2.05, 4.69) is 4.98 Å². The van der Waals surface area contributed by atoms with Crippen LogP contribution < -0.4 is 0 Å². The number of aromatic carboxylic acids is 1. The molecule has 0 radical (unpaired) electrons. The van der Waals surface area contributed by atoms with Gasteiger partial charge in [-0.25, -0.2) is 9.78 Å². The van der Waals surface area contributed by atoms with Gasteiger partial charge in [0.2, 0.25) is 0 Å². The molecular formula is C11H10ClF3N2O2S. The summed E-state index contributed by atoms with van der Waals surface area (Å²) in [7, 11) is 0. The van der Waals surface area contributed by atoms with Crippen LogP contribution in [-0.2, 0) is 6.18 Å². The zero-order valence-electron chi connectivity index (χ0n) is 10.1. The first-order valence-electron chi connectivity index (χ1n) is 5.30. The smallest absolute Gasteiger partial charge is 0.416 e. The minimum absolute atomic E-state index is 0. The van der Waals surface area contributed by atoms with Crippen molar-refractivity contribution in [1.29, 1.82) is 0 Å². The molecular weight excluding hydrogens is 317 g/mol. The molecule has 0 aliphatic heterocycles. The van der Waals surface area contributed by atoms with E-state index in [4.69, 9.17) is 5.11 Å². The highest BCUT2D eigenvalue weighted by Crippen LogP contribution is 2.31. The average Bonchev–Trinajstić information content (AvgIpc) is 2.67. The largest absolute Gasteiger partial charge is 0.476 e. The van der Waals surface area contributed by atoms with Crippen LogP contribution in [0.3, 0.4) is 0 Å². The molecule has 2 aromatic heterocycles. The first-order chi connectivity index (χ1) is 8.84. The van der Waals surface area contributed by atoms with Crippen molar-refractivity contribution < 1.29 is 23.1 Å².